The smallest absolute Gasteiger partial charge is 0.242 e. The maximum Gasteiger partial charge on any atom is 0.242 e. The van der Waals surface area contributed by atoms with Gasteiger partial charge in [-0.2, -0.15) is 0 Å². The topological polar surface area (TPSA) is 49.9 Å². The Balaban J connectivity index is 2.99. The number of nitrogens with zero attached hydrogens (tertiary/aromatic N) is 2. The van der Waals surface area contributed by atoms with Crippen LogP contribution in [-0.2, 0) is 9.59 Å². The Labute approximate surface area is 139 Å². The molecule has 0 aliphatic rings. The number of carbonyl (C=O) groups is 2. The molecule has 2 amide bonds. The molecule has 1 rings (SSSR count). The molecule has 0 radical (unpaired) electrons. The lowest BCUT2D eigenvalue weighted by atomic mass is 10.2. The number of anilines is 1. The van der Waals surface area contributed by atoms with Gasteiger partial charge in [-0.3, -0.25) is 14.5 Å². The number of rotatable bonds is 9. The Morgan fingerprint density at radius 3 is 2.17 bits per heavy atom. The first-order valence-corrected chi connectivity index (χ1v) is 8.32. The lowest BCUT2D eigenvalue weighted by Gasteiger charge is -2.27. The molecule has 128 valence electrons. The predicted molar refractivity (Wildman–Crippen MR) is 92.8 cm³/mol. The van der Waals surface area contributed by atoms with E-state index in [1.807, 2.05) is 49.9 Å². The largest absolute Gasteiger partial charge is 0.492 e. The van der Waals surface area contributed by atoms with Crippen LogP contribution in [0, 0.1) is 0 Å². The summed E-state index contributed by atoms with van der Waals surface area (Å²) in [6.07, 6.45) is 1.81. The number of amides is 2. The Morgan fingerprint density at radius 2 is 1.65 bits per heavy atom. The summed E-state index contributed by atoms with van der Waals surface area (Å²) in [4.78, 5) is 28.0. The molecular formula is C18H28N2O3. The predicted octanol–water partition coefficient (Wildman–Crippen LogP) is 3.09. The number of carbonyl (C=O) groups excluding carboxylic acids is 2. The maximum atomic E-state index is 12.6. The molecule has 0 saturated heterocycles. The second kappa shape index (κ2) is 9.87. The molecule has 0 aromatic heterocycles. The van der Waals surface area contributed by atoms with Crippen molar-refractivity contribution in [3.05, 3.63) is 24.3 Å². The van der Waals surface area contributed by atoms with E-state index in [1.165, 1.54) is 11.8 Å². The van der Waals surface area contributed by atoms with Crippen LogP contribution in [0.5, 0.6) is 5.75 Å². The van der Waals surface area contributed by atoms with E-state index in [-0.39, 0.29) is 18.4 Å². The molecule has 0 N–H and O–H groups in total. The number of ether oxygens (including phenoxy) is 1. The summed E-state index contributed by atoms with van der Waals surface area (Å²) >= 11 is 0. The molecule has 1 aromatic rings. The number of benzene rings is 1. The molecule has 0 spiro atoms. The summed E-state index contributed by atoms with van der Waals surface area (Å²) in [5.74, 6) is 0.421. The van der Waals surface area contributed by atoms with Crippen LogP contribution in [0.4, 0.5) is 5.69 Å². The second-order valence-electron chi connectivity index (χ2n) is 5.39. The average molecular weight is 320 g/mol. The van der Waals surface area contributed by atoms with E-state index in [4.69, 9.17) is 4.74 Å². The van der Waals surface area contributed by atoms with Crippen LogP contribution >= 0.6 is 0 Å². The van der Waals surface area contributed by atoms with E-state index in [0.29, 0.717) is 31.1 Å². The van der Waals surface area contributed by atoms with Gasteiger partial charge < -0.3 is 9.64 Å². The van der Waals surface area contributed by atoms with Crippen LogP contribution in [0.15, 0.2) is 24.3 Å². The fourth-order valence-corrected chi connectivity index (χ4v) is 2.46. The van der Waals surface area contributed by atoms with Gasteiger partial charge in [-0.05, 0) is 31.9 Å². The van der Waals surface area contributed by atoms with Crippen LogP contribution in [0.1, 0.15) is 40.5 Å². The normalized spacial score (nSPS) is 10.3. The van der Waals surface area contributed by atoms with Crippen LogP contribution in [-0.4, -0.2) is 43.0 Å². The fraction of sp³-hybridized carbons (Fsp3) is 0.556. The SMILES string of the molecule is CCCN(CCC)C(=O)CN(C(C)=O)c1ccccc1OCC. The average Bonchev–Trinajstić information content (AvgIpc) is 2.53. The Bertz CT molecular complexity index is 511. The Morgan fingerprint density at radius 1 is 1.04 bits per heavy atom. The zero-order valence-electron chi connectivity index (χ0n) is 14.7. The molecule has 0 aliphatic carbocycles. The van der Waals surface area contributed by atoms with Crippen molar-refractivity contribution >= 4 is 17.5 Å². The lowest BCUT2D eigenvalue weighted by molar-refractivity contribution is -0.131. The zero-order chi connectivity index (χ0) is 17.2. The van der Waals surface area contributed by atoms with Gasteiger partial charge >= 0.3 is 0 Å². The van der Waals surface area contributed by atoms with Gasteiger partial charge in [0.2, 0.25) is 11.8 Å². The highest BCUT2D eigenvalue weighted by atomic mass is 16.5. The Hall–Kier alpha value is -2.04. The third kappa shape index (κ3) is 5.58. The molecule has 5 heteroatoms. The highest BCUT2D eigenvalue weighted by molar-refractivity contribution is 5.98. The minimum Gasteiger partial charge on any atom is -0.492 e. The molecule has 0 heterocycles. The summed E-state index contributed by atoms with van der Waals surface area (Å²) in [5.41, 5.74) is 0.642. The standard InChI is InChI=1S/C18H28N2O3/c1-5-12-19(13-6-2)18(22)14-20(15(4)21)16-10-8-9-11-17(16)23-7-3/h8-11H,5-7,12-14H2,1-4H3. The highest BCUT2D eigenvalue weighted by Gasteiger charge is 2.22. The first-order valence-electron chi connectivity index (χ1n) is 8.32. The molecule has 0 atom stereocenters. The highest BCUT2D eigenvalue weighted by Crippen LogP contribution is 2.28. The summed E-state index contributed by atoms with van der Waals surface area (Å²) in [6.45, 7) is 9.43. The van der Waals surface area contributed by atoms with Gasteiger partial charge in [-0.15, -0.1) is 0 Å². The number of hydrogen-bond donors (Lipinski definition) is 0. The van der Waals surface area contributed by atoms with Crippen molar-refractivity contribution in [2.24, 2.45) is 0 Å². The van der Waals surface area contributed by atoms with Gasteiger partial charge in [0.25, 0.3) is 0 Å². The third-order valence-electron chi connectivity index (χ3n) is 3.47. The molecule has 5 nitrogen and oxygen atoms in total. The van der Waals surface area contributed by atoms with Crippen molar-refractivity contribution < 1.29 is 14.3 Å². The van der Waals surface area contributed by atoms with Crippen molar-refractivity contribution in [1.82, 2.24) is 4.90 Å². The summed E-state index contributed by atoms with van der Waals surface area (Å²) in [5, 5.41) is 0. The van der Waals surface area contributed by atoms with E-state index in [0.717, 1.165) is 12.8 Å². The van der Waals surface area contributed by atoms with Gasteiger partial charge in [0.1, 0.15) is 12.3 Å². The van der Waals surface area contributed by atoms with E-state index in [2.05, 4.69) is 0 Å². The van der Waals surface area contributed by atoms with Crippen LogP contribution in [0.3, 0.4) is 0 Å². The van der Waals surface area contributed by atoms with Crippen LogP contribution < -0.4 is 9.64 Å². The molecule has 0 bridgehead atoms. The number of hydrogen-bond acceptors (Lipinski definition) is 3. The molecular weight excluding hydrogens is 292 g/mol. The second-order valence-corrected chi connectivity index (χ2v) is 5.39. The van der Waals surface area contributed by atoms with Crippen molar-refractivity contribution in [2.45, 2.75) is 40.5 Å². The third-order valence-corrected chi connectivity index (χ3v) is 3.47. The van der Waals surface area contributed by atoms with Crippen molar-refractivity contribution in [1.29, 1.82) is 0 Å². The minimum absolute atomic E-state index is 0.0322. The van der Waals surface area contributed by atoms with Gasteiger partial charge in [0.05, 0.1) is 12.3 Å². The molecule has 1 aromatic carbocycles. The monoisotopic (exact) mass is 320 g/mol. The molecule has 0 unspecified atom stereocenters. The summed E-state index contributed by atoms with van der Waals surface area (Å²) in [7, 11) is 0. The van der Waals surface area contributed by atoms with Gasteiger partial charge in [-0.1, -0.05) is 26.0 Å². The van der Waals surface area contributed by atoms with Gasteiger partial charge in [0, 0.05) is 20.0 Å². The molecule has 0 aliphatic heterocycles. The maximum absolute atomic E-state index is 12.6. The Kier molecular flexibility index (Phi) is 8.16. The molecule has 0 saturated carbocycles. The van der Waals surface area contributed by atoms with E-state index in [1.54, 1.807) is 0 Å². The van der Waals surface area contributed by atoms with Gasteiger partial charge in [0.15, 0.2) is 0 Å². The first kappa shape index (κ1) is 19.0. The van der Waals surface area contributed by atoms with Crippen molar-refractivity contribution in [2.75, 3.05) is 31.1 Å². The number of para-hydroxylation sites is 2. The first-order chi connectivity index (χ1) is 11.0. The van der Waals surface area contributed by atoms with Crippen LogP contribution in [0.2, 0.25) is 0 Å². The van der Waals surface area contributed by atoms with E-state index in [9.17, 15) is 9.59 Å². The van der Waals surface area contributed by atoms with E-state index < -0.39 is 0 Å². The van der Waals surface area contributed by atoms with Crippen LogP contribution in [0.25, 0.3) is 0 Å². The van der Waals surface area contributed by atoms with Gasteiger partial charge in [-0.25, -0.2) is 0 Å². The van der Waals surface area contributed by atoms with E-state index >= 15 is 0 Å². The summed E-state index contributed by atoms with van der Waals surface area (Å²) in [6, 6.07) is 7.32. The molecule has 0 fully saturated rings. The van der Waals surface area contributed by atoms with Crippen molar-refractivity contribution in [3.8, 4) is 5.75 Å². The lowest BCUT2D eigenvalue weighted by Crippen LogP contribution is -2.43. The molecule has 23 heavy (non-hydrogen) atoms. The summed E-state index contributed by atoms with van der Waals surface area (Å²) < 4.78 is 5.59. The fourth-order valence-electron chi connectivity index (χ4n) is 2.46. The quantitative estimate of drug-likeness (QED) is 0.702. The van der Waals surface area contributed by atoms with Crippen molar-refractivity contribution in [3.63, 3.8) is 0 Å². The zero-order valence-corrected chi connectivity index (χ0v) is 14.7. The minimum atomic E-state index is -0.168.